The van der Waals surface area contributed by atoms with E-state index in [4.69, 9.17) is 4.74 Å². The van der Waals surface area contributed by atoms with E-state index in [9.17, 15) is 19.2 Å². The van der Waals surface area contributed by atoms with E-state index in [1.165, 1.54) is 0 Å². The van der Waals surface area contributed by atoms with Gasteiger partial charge in [-0.15, -0.1) is 0 Å². The summed E-state index contributed by atoms with van der Waals surface area (Å²) >= 11 is 0. The minimum absolute atomic E-state index is 0.112. The fraction of sp³-hybridized carbons (Fsp3) is 0.360. The van der Waals surface area contributed by atoms with Gasteiger partial charge in [-0.25, -0.2) is 4.79 Å². The van der Waals surface area contributed by atoms with Crippen LogP contribution in [0.5, 0.6) is 5.75 Å². The van der Waals surface area contributed by atoms with Crippen molar-refractivity contribution >= 4 is 40.8 Å². The molecule has 1 spiro atoms. The van der Waals surface area contributed by atoms with E-state index in [2.05, 4.69) is 25.8 Å². The first-order valence-electron chi connectivity index (χ1n) is 11.6. The maximum absolute atomic E-state index is 13.4. The molecule has 3 heterocycles. The molecule has 2 fully saturated rings. The zero-order chi connectivity index (χ0) is 24.7. The highest BCUT2D eigenvalue weighted by molar-refractivity contribution is 6.20. The number of nitrogens with one attached hydrogen (secondary N) is 3. The smallest absolute Gasteiger partial charge is 0.328 e. The van der Waals surface area contributed by atoms with E-state index in [1.54, 1.807) is 14.0 Å². The Labute approximate surface area is 202 Å². The molecule has 1 unspecified atom stereocenters. The van der Waals surface area contributed by atoms with E-state index in [0.29, 0.717) is 31.7 Å². The number of barbiturate groups is 1. The first-order valence-corrected chi connectivity index (χ1v) is 11.6. The van der Waals surface area contributed by atoms with Crippen LogP contribution in [0.15, 0.2) is 42.5 Å². The number of anilines is 3. The Balaban J connectivity index is 1.55. The van der Waals surface area contributed by atoms with Gasteiger partial charge >= 0.3 is 6.03 Å². The number of piperazine rings is 1. The van der Waals surface area contributed by atoms with Crippen molar-refractivity contribution in [3.8, 4) is 5.75 Å². The second kappa shape index (κ2) is 8.61. The Morgan fingerprint density at radius 1 is 1.09 bits per heavy atom. The first kappa shape index (κ1) is 22.7. The van der Waals surface area contributed by atoms with Gasteiger partial charge in [0.25, 0.3) is 0 Å². The summed E-state index contributed by atoms with van der Waals surface area (Å²) < 4.78 is 5.26. The molecule has 0 aromatic heterocycles. The Morgan fingerprint density at radius 3 is 2.46 bits per heavy atom. The monoisotopic (exact) mass is 477 g/mol. The first-order chi connectivity index (χ1) is 16.8. The number of carbonyl (C=O) groups is 4. The summed E-state index contributed by atoms with van der Waals surface area (Å²) in [5.41, 5.74) is 1.75. The molecule has 2 aromatic rings. The lowest BCUT2D eigenvalue weighted by Gasteiger charge is -2.54. The number of hydrogen-bond acceptors (Lipinski definition) is 7. The third-order valence-electron chi connectivity index (χ3n) is 7.11. The number of hydrogen-bond donors (Lipinski definition) is 3. The molecule has 0 saturated carbocycles. The molecule has 5 rings (SSSR count). The van der Waals surface area contributed by atoms with Crippen molar-refractivity contribution in [2.24, 2.45) is 5.41 Å². The second-order valence-electron chi connectivity index (χ2n) is 8.98. The Kier molecular flexibility index (Phi) is 5.58. The molecule has 35 heavy (non-hydrogen) atoms. The third-order valence-corrected chi connectivity index (χ3v) is 7.11. The molecule has 10 heteroatoms. The summed E-state index contributed by atoms with van der Waals surface area (Å²) in [6.45, 7) is 3.42. The van der Waals surface area contributed by atoms with Crippen LogP contribution in [0.1, 0.15) is 18.9 Å². The van der Waals surface area contributed by atoms with Gasteiger partial charge in [0.15, 0.2) is 5.41 Å². The van der Waals surface area contributed by atoms with Crippen LogP contribution in [0.25, 0.3) is 0 Å². The zero-order valence-corrected chi connectivity index (χ0v) is 19.6. The number of fused-ring (bicyclic) bond motifs is 4. The number of benzene rings is 2. The summed E-state index contributed by atoms with van der Waals surface area (Å²) in [6, 6.07) is 11.9. The Hall–Kier alpha value is -4.08. The van der Waals surface area contributed by atoms with Gasteiger partial charge in [0.1, 0.15) is 5.75 Å². The molecule has 10 nitrogen and oxygen atoms in total. The van der Waals surface area contributed by atoms with Crippen molar-refractivity contribution in [2.75, 3.05) is 41.9 Å². The predicted molar refractivity (Wildman–Crippen MR) is 130 cm³/mol. The predicted octanol–water partition coefficient (Wildman–Crippen LogP) is 1.65. The van der Waals surface area contributed by atoms with Crippen LogP contribution in [0, 0.1) is 5.41 Å². The quantitative estimate of drug-likeness (QED) is 0.573. The Bertz CT molecular complexity index is 1190. The van der Waals surface area contributed by atoms with Gasteiger partial charge in [-0.3, -0.25) is 25.0 Å². The number of ether oxygens (including phenoxy) is 1. The average Bonchev–Trinajstić information content (AvgIpc) is 2.86. The van der Waals surface area contributed by atoms with Crippen LogP contribution in [-0.4, -0.2) is 56.5 Å². The average molecular weight is 478 g/mol. The van der Waals surface area contributed by atoms with Crippen molar-refractivity contribution in [1.82, 2.24) is 10.6 Å². The van der Waals surface area contributed by atoms with Gasteiger partial charge in [-0.2, -0.15) is 0 Å². The number of rotatable bonds is 4. The van der Waals surface area contributed by atoms with Crippen LogP contribution in [0.4, 0.5) is 21.9 Å². The van der Waals surface area contributed by atoms with Crippen molar-refractivity contribution in [3.63, 3.8) is 0 Å². The molecule has 3 aliphatic rings. The van der Waals surface area contributed by atoms with Crippen LogP contribution < -0.4 is 30.5 Å². The summed E-state index contributed by atoms with van der Waals surface area (Å²) in [7, 11) is 1.61. The third kappa shape index (κ3) is 3.74. The normalized spacial score (nSPS) is 20.5. The van der Waals surface area contributed by atoms with E-state index >= 15 is 0 Å². The number of nitrogens with zero attached hydrogens (tertiary/aromatic N) is 2. The van der Waals surface area contributed by atoms with Gasteiger partial charge in [-0.1, -0.05) is 6.92 Å². The van der Waals surface area contributed by atoms with Gasteiger partial charge < -0.3 is 19.9 Å². The molecule has 3 aliphatic heterocycles. The van der Waals surface area contributed by atoms with Crippen molar-refractivity contribution in [1.29, 1.82) is 0 Å². The molecule has 5 amide bonds. The molecular formula is C25H27N5O5. The maximum atomic E-state index is 13.4. The SMILES string of the molecule is CCC(=O)Nc1ccc2c(c1)CC1(C(=O)NC(=O)NC1=O)C1CN(c3ccc(OC)cc3)CCN21. The highest BCUT2D eigenvalue weighted by Crippen LogP contribution is 2.45. The van der Waals surface area contributed by atoms with E-state index in [-0.39, 0.29) is 12.3 Å². The molecule has 2 saturated heterocycles. The van der Waals surface area contributed by atoms with E-state index in [0.717, 1.165) is 22.7 Å². The van der Waals surface area contributed by atoms with Crippen molar-refractivity contribution in [2.45, 2.75) is 25.8 Å². The maximum Gasteiger partial charge on any atom is 0.328 e. The van der Waals surface area contributed by atoms with Gasteiger partial charge in [-0.05, 0) is 54.4 Å². The summed E-state index contributed by atoms with van der Waals surface area (Å²) in [5.74, 6) is -0.593. The van der Waals surface area contributed by atoms with Gasteiger partial charge in [0.2, 0.25) is 17.7 Å². The number of amides is 5. The van der Waals surface area contributed by atoms with Crippen molar-refractivity contribution < 1.29 is 23.9 Å². The number of imide groups is 2. The molecule has 1 atom stereocenters. The second-order valence-corrected chi connectivity index (χ2v) is 8.98. The molecule has 182 valence electrons. The fourth-order valence-corrected chi connectivity index (χ4v) is 5.30. The topological polar surface area (TPSA) is 120 Å². The standard InChI is InChI=1S/C25H27N5O5/c1-3-21(31)26-16-4-9-19-15(12-16)13-25(22(32)27-24(34)28-23(25)33)20-14-29(10-11-30(19)20)17-5-7-18(35-2)8-6-17/h4-9,12,20H,3,10-11,13-14H2,1-2H3,(H,26,31)(H2,27,28,32,33,34). The number of carbonyl (C=O) groups excluding carboxylic acids is 4. The highest BCUT2D eigenvalue weighted by atomic mass is 16.5. The minimum Gasteiger partial charge on any atom is -0.497 e. The van der Waals surface area contributed by atoms with Crippen LogP contribution in [0.3, 0.4) is 0 Å². The molecule has 0 radical (unpaired) electrons. The van der Waals surface area contributed by atoms with Crippen LogP contribution >= 0.6 is 0 Å². The largest absolute Gasteiger partial charge is 0.497 e. The van der Waals surface area contributed by atoms with Crippen LogP contribution in [0.2, 0.25) is 0 Å². The molecule has 2 aromatic carbocycles. The Morgan fingerprint density at radius 2 is 1.80 bits per heavy atom. The molecule has 0 bridgehead atoms. The molecule has 0 aliphatic carbocycles. The van der Waals surface area contributed by atoms with E-state index < -0.39 is 29.3 Å². The van der Waals surface area contributed by atoms with Crippen LogP contribution in [-0.2, 0) is 20.8 Å². The number of urea groups is 1. The lowest BCUT2D eigenvalue weighted by molar-refractivity contribution is -0.146. The lowest BCUT2D eigenvalue weighted by atomic mass is 9.68. The fourth-order valence-electron chi connectivity index (χ4n) is 5.30. The minimum atomic E-state index is -1.50. The molecular weight excluding hydrogens is 450 g/mol. The highest BCUT2D eigenvalue weighted by Gasteiger charge is 2.60. The zero-order valence-electron chi connectivity index (χ0n) is 19.6. The van der Waals surface area contributed by atoms with Gasteiger partial charge in [0.05, 0.1) is 13.2 Å². The van der Waals surface area contributed by atoms with Crippen molar-refractivity contribution in [3.05, 3.63) is 48.0 Å². The summed E-state index contributed by atoms with van der Waals surface area (Å²) in [4.78, 5) is 54.8. The van der Waals surface area contributed by atoms with E-state index in [1.807, 2.05) is 42.5 Å². The summed E-state index contributed by atoms with van der Waals surface area (Å²) in [6.07, 6.45) is 0.448. The number of methoxy groups -OCH3 is 1. The van der Waals surface area contributed by atoms with Gasteiger partial charge in [0, 0.05) is 43.1 Å². The lowest BCUT2D eigenvalue weighted by Crippen LogP contribution is -2.74. The summed E-state index contributed by atoms with van der Waals surface area (Å²) in [5, 5.41) is 7.48. The molecule has 3 N–H and O–H groups in total.